The van der Waals surface area contributed by atoms with E-state index >= 15 is 0 Å². The summed E-state index contributed by atoms with van der Waals surface area (Å²) in [6, 6.07) is 11.1. The van der Waals surface area contributed by atoms with E-state index in [0.717, 1.165) is 21.1 Å². The first-order chi connectivity index (χ1) is 13.3. The molecule has 0 radical (unpaired) electrons. The van der Waals surface area contributed by atoms with Crippen LogP contribution in [0.4, 0.5) is 0 Å². The molecule has 1 heterocycles. The van der Waals surface area contributed by atoms with Crippen LogP contribution in [0, 0.1) is 6.92 Å². The van der Waals surface area contributed by atoms with Crippen LogP contribution in [0.5, 0.6) is 5.75 Å². The Labute approximate surface area is 175 Å². The Kier molecular flexibility index (Phi) is 6.21. The molecule has 0 saturated carbocycles. The summed E-state index contributed by atoms with van der Waals surface area (Å²) in [7, 11) is 1.84. The number of aromatic nitrogens is 2. The summed E-state index contributed by atoms with van der Waals surface area (Å²) in [6.45, 7) is 1.54. The number of hydrogen-bond acceptors (Lipinski definition) is 4. The first-order valence-electron chi connectivity index (χ1n) is 8.41. The van der Waals surface area contributed by atoms with Crippen molar-refractivity contribution in [1.82, 2.24) is 20.4 Å². The average Bonchev–Trinajstić information content (AvgIpc) is 2.95. The lowest BCUT2D eigenvalue weighted by Crippen LogP contribution is -2.44. The second kappa shape index (κ2) is 8.62. The molecule has 7 nitrogen and oxygen atoms in total. The summed E-state index contributed by atoms with van der Waals surface area (Å²) < 4.78 is 8.13. The molecule has 9 heteroatoms. The zero-order valence-corrected chi connectivity index (χ0v) is 17.6. The smallest absolute Gasteiger partial charge is 0.276 e. The number of carbonyl (C=O) groups is 2. The van der Waals surface area contributed by atoms with Gasteiger partial charge in [0, 0.05) is 11.5 Å². The van der Waals surface area contributed by atoms with Crippen LogP contribution < -0.4 is 15.6 Å². The number of nitrogens with zero attached hydrogens (tertiary/aromatic N) is 2. The predicted octanol–water partition coefficient (Wildman–Crippen LogP) is 3.07. The molecule has 0 unspecified atom stereocenters. The predicted molar refractivity (Wildman–Crippen MR) is 110 cm³/mol. The zero-order chi connectivity index (χ0) is 20.3. The Morgan fingerprint density at radius 3 is 2.64 bits per heavy atom. The van der Waals surface area contributed by atoms with Crippen molar-refractivity contribution >= 4 is 50.4 Å². The minimum absolute atomic E-state index is 0.0317. The van der Waals surface area contributed by atoms with Gasteiger partial charge in [0.05, 0.1) is 22.5 Å². The maximum absolute atomic E-state index is 12.1. The van der Waals surface area contributed by atoms with Crippen molar-refractivity contribution in [2.24, 2.45) is 7.05 Å². The lowest BCUT2D eigenvalue weighted by molar-refractivity contribution is -0.129. The van der Waals surface area contributed by atoms with E-state index in [0.29, 0.717) is 16.6 Å². The molecule has 0 bridgehead atoms. The fourth-order valence-electron chi connectivity index (χ4n) is 2.73. The quantitative estimate of drug-likeness (QED) is 0.567. The highest BCUT2D eigenvalue weighted by Gasteiger charge is 2.13. The fraction of sp³-hybridized carbons (Fsp3) is 0.211. The molecule has 0 aliphatic carbocycles. The molecular formula is C19H18BrClN4O3. The van der Waals surface area contributed by atoms with E-state index in [2.05, 4.69) is 31.8 Å². The number of benzene rings is 2. The van der Waals surface area contributed by atoms with E-state index in [-0.39, 0.29) is 18.9 Å². The van der Waals surface area contributed by atoms with Crippen LogP contribution in [0.2, 0.25) is 5.02 Å². The summed E-state index contributed by atoms with van der Waals surface area (Å²) in [4.78, 5) is 28.5. The Morgan fingerprint density at radius 1 is 1.21 bits per heavy atom. The standard InChI is InChI=1S/C19H18BrClN4O3/c1-11-7-12(20)8-13(21)19(11)28-10-18(27)24-23-17(26)9-16-22-14-5-3-4-6-15(14)25(16)2/h3-8H,9-10H2,1-2H3,(H,23,26)(H,24,27). The van der Waals surface area contributed by atoms with Gasteiger partial charge in [0.1, 0.15) is 11.6 Å². The molecular weight excluding hydrogens is 448 g/mol. The topological polar surface area (TPSA) is 85.2 Å². The summed E-state index contributed by atoms with van der Waals surface area (Å²) in [5.41, 5.74) is 7.23. The van der Waals surface area contributed by atoms with Crippen molar-refractivity contribution < 1.29 is 14.3 Å². The van der Waals surface area contributed by atoms with Gasteiger partial charge in [0.2, 0.25) is 5.91 Å². The Bertz CT molecular complexity index is 1030. The number of carbonyl (C=O) groups excluding carboxylic acids is 2. The van der Waals surface area contributed by atoms with Gasteiger partial charge < -0.3 is 9.30 Å². The van der Waals surface area contributed by atoms with Crippen molar-refractivity contribution in [3.05, 3.63) is 57.3 Å². The number of amides is 2. The van der Waals surface area contributed by atoms with Crippen LogP contribution in [-0.4, -0.2) is 28.0 Å². The number of nitrogens with one attached hydrogen (secondary N) is 2. The Morgan fingerprint density at radius 2 is 1.93 bits per heavy atom. The Hall–Kier alpha value is -2.58. The van der Waals surface area contributed by atoms with E-state index in [9.17, 15) is 9.59 Å². The highest BCUT2D eigenvalue weighted by Crippen LogP contribution is 2.31. The number of para-hydroxylation sites is 2. The molecule has 0 saturated heterocycles. The van der Waals surface area contributed by atoms with Crippen molar-refractivity contribution in [3.63, 3.8) is 0 Å². The molecule has 3 aromatic rings. The number of fused-ring (bicyclic) bond motifs is 1. The highest BCUT2D eigenvalue weighted by atomic mass is 79.9. The Balaban J connectivity index is 1.51. The van der Waals surface area contributed by atoms with Crippen LogP contribution in [0.15, 0.2) is 40.9 Å². The summed E-state index contributed by atoms with van der Waals surface area (Å²) in [6.07, 6.45) is 0.0317. The number of ether oxygens (including phenoxy) is 1. The van der Waals surface area contributed by atoms with Crippen molar-refractivity contribution in [2.45, 2.75) is 13.3 Å². The van der Waals surface area contributed by atoms with Crippen LogP contribution >= 0.6 is 27.5 Å². The third kappa shape index (κ3) is 4.63. The molecule has 2 amide bonds. The fourth-order valence-corrected chi connectivity index (χ4v) is 3.75. The van der Waals surface area contributed by atoms with Crippen LogP contribution in [0.25, 0.3) is 11.0 Å². The minimum atomic E-state index is -0.503. The monoisotopic (exact) mass is 464 g/mol. The van der Waals surface area contributed by atoms with Gasteiger partial charge in [-0.05, 0) is 36.8 Å². The molecule has 0 aliphatic rings. The number of imidazole rings is 1. The second-order valence-corrected chi connectivity index (χ2v) is 7.49. The number of rotatable bonds is 5. The normalized spacial score (nSPS) is 10.7. The van der Waals surface area contributed by atoms with E-state index in [1.54, 1.807) is 6.07 Å². The molecule has 3 rings (SSSR count). The molecule has 2 aromatic carbocycles. The lowest BCUT2D eigenvalue weighted by Gasteiger charge is -2.12. The third-order valence-corrected chi connectivity index (χ3v) is 4.82. The van der Waals surface area contributed by atoms with Crippen molar-refractivity contribution in [3.8, 4) is 5.75 Å². The van der Waals surface area contributed by atoms with Gasteiger partial charge in [-0.25, -0.2) is 4.98 Å². The minimum Gasteiger partial charge on any atom is -0.482 e. The summed E-state index contributed by atoms with van der Waals surface area (Å²) >= 11 is 9.46. The second-order valence-electron chi connectivity index (χ2n) is 6.17. The van der Waals surface area contributed by atoms with E-state index in [1.807, 2.05) is 48.9 Å². The number of hydrogen-bond donors (Lipinski definition) is 2. The average molecular weight is 466 g/mol. The van der Waals surface area contributed by atoms with Crippen LogP contribution in [-0.2, 0) is 23.1 Å². The lowest BCUT2D eigenvalue weighted by atomic mass is 10.2. The first-order valence-corrected chi connectivity index (χ1v) is 9.58. The van der Waals surface area contributed by atoms with E-state index < -0.39 is 5.91 Å². The van der Waals surface area contributed by atoms with Crippen LogP contribution in [0.3, 0.4) is 0 Å². The summed E-state index contributed by atoms with van der Waals surface area (Å²) in [5.74, 6) is 0.133. The van der Waals surface area contributed by atoms with Crippen molar-refractivity contribution in [2.75, 3.05) is 6.61 Å². The van der Waals surface area contributed by atoms with Gasteiger partial charge in [0.15, 0.2) is 6.61 Å². The van der Waals surface area contributed by atoms with E-state index in [1.165, 1.54) is 0 Å². The molecule has 28 heavy (non-hydrogen) atoms. The van der Waals surface area contributed by atoms with Crippen LogP contribution in [0.1, 0.15) is 11.4 Å². The molecule has 0 atom stereocenters. The van der Waals surface area contributed by atoms with Gasteiger partial charge in [-0.2, -0.15) is 0 Å². The molecule has 0 aliphatic heterocycles. The SMILES string of the molecule is Cc1cc(Br)cc(Cl)c1OCC(=O)NNC(=O)Cc1nc2ccccc2n1C. The third-order valence-electron chi connectivity index (χ3n) is 4.08. The molecule has 0 fully saturated rings. The molecule has 2 N–H and O–H groups in total. The maximum Gasteiger partial charge on any atom is 0.276 e. The van der Waals surface area contributed by atoms with Gasteiger partial charge in [0.25, 0.3) is 5.91 Å². The van der Waals surface area contributed by atoms with Gasteiger partial charge in [-0.1, -0.05) is 39.7 Å². The number of halogens is 2. The zero-order valence-electron chi connectivity index (χ0n) is 15.3. The maximum atomic E-state index is 12.1. The molecule has 1 aromatic heterocycles. The largest absolute Gasteiger partial charge is 0.482 e. The first kappa shape index (κ1) is 20.2. The van der Waals surface area contributed by atoms with Gasteiger partial charge >= 0.3 is 0 Å². The van der Waals surface area contributed by atoms with Gasteiger partial charge in [-0.15, -0.1) is 0 Å². The molecule has 146 valence electrons. The van der Waals surface area contributed by atoms with Crippen molar-refractivity contribution in [1.29, 1.82) is 0 Å². The number of aryl methyl sites for hydroxylation is 2. The summed E-state index contributed by atoms with van der Waals surface area (Å²) in [5, 5.41) is 0.394. The van der Waals surface area contributed by atoms with Gasteiger partial charge in [-0.3, -0.25) is 20.4 Å². The highest BCUT2D eigenvalue weighted by molar-refractivity contribution is 9.10. The molecule has 0 spiro atoms. The number of hydrazine groups is 1. The van der Waals surface area contributed by atoms with E-state index in [4.69, 9.17) is 16.3 Å².